The molecule has 6 heteroatoms. The van der Waals surface area contributed by atoms with Gasteiger partial charge >= 0.3 is 5.69 Å². The van der Waals surface area contributed by atoms with E-state index in [-0.39, 0.29) is 5.69 Å². The number of hydrogen-bond acceptors (Lipinski definition) is 2. The van der Waals surface area contributed by atoms with Crippen molar-refractivity contribution in [3.63, 3.8) is 0 Å². The Morgan fingerprint density at radius 3 is 2.86 bits per heavy atom. The molecule has 14 heavy (non-hydrogen) atoms. The van der Waals surface area contributed by atoms with Crippen LogP contribution in [-0.2, 0) is 0 Å². The minimum Gasteiger partial charge on any atom is -0.250 e. The molecule has 1 heterocycles. The molecule has 0 spiro atoms. The van der Waals surface area contributed by atoms with Crippen LogP contribution in [0.3, 0.4) is 0 Å². The summed E-state index contributed by atoms with van der Waals surface area (Å²) in [5.74, 6) is 0. The van der Waals surface area contributed by atoms with Crippen molar-refractivity contribution < 1.29 is 0 Å². The Morgan fingerprint density at radius 1 is 1.50 bits per heavy atom. The second-order valence-electron chi connectivity index (χ2n) is 2.63. The third-order valence-electron chi connectivity index (χ3n) is 1.73. The molecule has 1 N–H and O–H groups in total. The summed E-state index contributed by atoms with van der Waals surface area (Å²) in [5, 5.41) is 6.01. The highest BCUT2D eigenvalue weighted by atomic mass is 127. The molecule has 0 amide bonds. The van der Waals surface area contributed by atoms with Gasteiger partial charge in [0.1, 0.15) is 6.33 Å². The van der Waals surface area contributed by atoms with Gasteiger partial charge < -0.3 is 0 Å². The van der Waals surface area contributed by atoms with Crippen molar-refractivity contribution in [2.75, 3.05) is 0 Å². The highest BCUT2D eigenvalue weighted by Crippen LogP contribution is 2.21. The summed E-state index contributed by atoms with van der Waals surface area (Å²) in [6.45, 7) is 0. The third-order valence-corrected chi connectivity index (χ3v) is 4.06. The van der Waals surface area contributed by atoms with E-state index in [0.29, 0.717) is 0 Å². The number of nitrogens with one attached hydrogen (secondary N) is 1. The van der Waals surface area contributed by atoms with E-state index in [4.69, 9.17) is 0 Å². The van der Waals surface area contributed by atoms with Crippen LogP contribution in [0.25, 0.3) is 5.69 Å². The monoisotopic (exact) mass is 365 g/mol. The molecule has 1 aromatic carbocycles. The highest BCUT2D eigenvalue weighted by molar-refractivity contribution is 14.1. The smallest absolute Gasteiger partial charge is 0.250 e. The first-order valence-corrected chi connectivity index (χ1v) is 5.63. The van der Waals surface area contributed by atoms with Gasteiger partial charge in [-0.15, -0.1) is 0 Å². The van der Waals surface area contributed by atoms with Gasteiger partial charge in [0.15, 0.2) is 0 Å². The lowest BCUT2D eigenvalue weighted by molar-refractivity contribution is 0.981. The molecule has 0 aliphatic heterocycles. The van der Waals surface area contributed by atoms with Crippen molar-refractivity contribution in [3.8, 4) is 5.69 Å². The summed E-state index contributed by atoms with van der Waals surface area (Å²) < 4.78 is 3.51. The summed E-state index contributed by atoms with van der Waals surface area (Å²) in [6, 6.07) is 5.65. The first kappa shape index (κ1) is 9.91. The van der Waals surface area contributed by atoms with E-state index in [2.05, 4.69) is 48.7 Å². The predicted octanol–water partition coefficient (Wildman–Crippen LogP) is 1.93. The Labute approximate surface area is 102 Å². The molecular formula is C8H5BrIN3O. The number of halogens is 2. The van der Waals surface area contributed by atoms with Crippen molar-refractivity contribution in [3.05, 3.63) is 43.1 Å². The molecule has 1 aromatic heterocycles. The second-order valence-corrected chi connectivity index (χ2v) is 4.65. The minimum absolute atomic E-state index is 0.233. The first-order chi connectivity index (χ1) is 6.68. The molecule has 0 aliphatic carbocycles. The summed E-state index contributed by atoms with van der Waals surface area (Å²) in [7, 11) is 0. The van der Waals surface area contributed by atoms with E-state index in [0.717, 1.165) is 13.7 Å². The van der Waals surface area contributed by atoms with Gasteiger partial charge in [0.2, 0.25) is 0 Å². The molecule has 0 unspecified atom stereocenters. The van der Waals surface area contributed by atoms with E-state index in [1.54, 1.807) is 0 Å². The number of aromatic amines is 1. The average molecular weight is 366 g/mol. The molecule has 0 fully saturated rings. The molecule has 0 saturated heterocycles. The van der Waals surface area contributed by atoms with Crippen molar-refractivity contribution in [1.29, 1.82) is 0 Å². The molecule has 0 radical (unpaired) electrons. The molecule has 0 aliphatic rings. The fourth-order valence-corrected chi connectivity index (χ4v) is 1.81. The van der Waals surface area contributed by atoms with Gasteiger partial charge in [-0.3, -0.25) is 0 Å². The van der Waals surface area contributed by atoms with Crippen LogP contribution in [0.5, 0.6) is 0 Å². The fraction of sp³-hybridized carbons (Fsp3) is 0. The number of nitrogens with zero attached hydrogens (tertiary/aromatic N) is 2. The van der Waals surface area contributed by atoms with Crippen molar-refractivity contribution in [1.82, 2.24) is 14.8 Å². The zero-order valence-electron chi connectivity index (χ0n) is 6.87. The summed E-state index contributed by atoms with van der Waals surface area (Å²) >= 11 is 5.59. The Morgan fingerprint density at radius 2 is 2.29 bits per heavy atom. The number of hydrogen-bond donors (Lipinski definition) is 1. The van der Waals surface area contributed by atoms with Crippen LogP contribution in [0.15, 0.2) is 33.8 Å². The Kier molecular flexibility index (Phi) is 2.73. The average Bonchev–Trinajstić information content (AvgIpc) is 2.57. The summed E-state index contributed by atoms with van der Waals surface area (Å²) in [5.41, 5.74) is 0.569. The molecular weight excluding hydrogens is 361 g/mol. The van der Waals surface area contributed by atoms with Gasteiger partial charge in [-0.2, -0.15) is 5.10 Å². The van der Waals surface area contributed by atoms with Gasteiger partial charge in [-0.1, -0.05) is 0 Å². The highest BCUT2D eigenvalue weighted by Gasteiger charge is 2.02. The van der Waals surface area contributed by atoms with Crippen molar-refractivity contribution >= 4 is 38.5 Å². The van der Waals surface area contributed by atoms with Crippen LogP contribution in [0.4, 0.5) is 0 Å². The van der Waals surface area contributed by atoms with E-state index < -0.39 is 0 Å². The van der Waals surface area contributed by atoms with Crippen LogP contribution in [-0.4, -0.2) is 14.8 Å². The maximum Gasteiger partial charge on any atom is 0.347 e. The predicted molar refractivity (Wildman–Crippen MR) is 64.6 cm³/mol. The number of aromatic nitrogens is 3. The van der Waals surface area contributed by atoms with Crippen LogP contribution in [0.2, 0.25) is 0 Å². The molecule has 0 bridgehead atoms. The molecule has 72 valence electrons. The second kappa shape index (κ2) is 3.85. The Balaban J connectivity index is 2.59. The number of benzene rings is 1. The van der Waals surface area contributed by atoms with Crippen LogP contribution < -0.4 is 5.69 Å². The van der Waals surface area contributed by atoms with Gasteiger partial charge in [0.25, 0.3) is 0 Å². The Hall–Kier alpha value is -0.630. The van der Waals surface area contributed by atoms with Gasteiger partial charge in [-0.05, 0) is 56.7 Å². The topological polar surface area (TPSA) is 50.7 Å². The number of rotatable bonds is 1. The van der Waals surface area contributed by atoms with E-state index >= 15 is 0 Å². The van der Waals surface area contributed by atoms with Crippen LogP contribution >= 0.6 is 38.5 Å². The zero-order valence-corrected chi connectivity index (χ0v) is 10.6. The maximum absolute atomic E-state index is 11.2. The minimum atomic E-state index is -0.233. The standard InChI is InChI=1S/C8H5BrIN3O/c9-6-2-1-5(3-7(6)10)13-4-11-12-8(13)14/h1-4H,(H,12,14). The van der Waals surface area contributed by atoms with Gasteiger partial charge in [-0.25, -0.2) is 14.5 Å². The van der Waals surface area contributed by atoms with Crippen molar-refractivity contribution in [2.24, 2.45) is 0 Å². The SMILES string of the molecule is O=c1[nH]ncn1-c1ccc(Br)c(I)c1. The van der Waals surface area contributed by atoms with E-state index in [1.807, 2.05) is 18.2 Å². The fourth-order valence-electron chi connectivity index (χ4n) is 1.07. The summed E-state index contributed by atoms with van der Waals surface area (Å²) in [6.07, 6.45) is 1.46. The quantitative estimate of drug-likeness (QED) is 0.785. The maximum atomic E-state index is 11.2. The lowest BCUT2D eigenvalue weighted by Crippen LogP contribution is -2.14. The first-order valence-electron chi connectivity index (χ1n) is 3.76. The molecule has 4 nitrogen and oxygen atoms in total. The molecule has 2 aromatic rings. The Bertz CT molecular complexity index is 519. The van der Waals surface area contributed by atoms with Crippen LogP contribution in [0, 0.1) is 3.57 Å². The third kappa shape index (κ3) is 1.76. The van der Waals surface area contributed by atoms with Gasteiger partial charge in [0, 0.05) is 8.04 Å². The van der Waals surface area contributed by atoms with E-state index in [9.17, 15) is 4.79 Å². The normalized spacial score (nSPS) is 10.4. The van der Waals surface area contributed by atoms with Crippen LogP contribution in [0.1, 0.15) is 0 Å². The number of H-pyrrole nitrogens is 1. The zero-order chi connectivity index (χ0) is 10.1. The summed E-state index contributed by atoms with van der Waals surface area (Å²) in [4.78, 5) is 11.2. The molecule has 0 saturated carbocycles. The lowest BCUT2D eigenvalue weighted by atomic mass is 10.3. The van der Waals surface area contributed by atoms with E-state index in [1.165, 1.54) is 10.9 Å². The molecule has 2 rings (SSSR count). The molecule has 0 atom stereocenters. The lowest BCUT2D eigenvalue weighted by Gasteiger charge is -2.01. The largest absolute Gasteiger partial charge is 0.347 e. The van der Waals surface area contributed by atoms with Crippen molar-refractivity contribution in [2.45, 2.75) is 0 Å². The van der Waals surface area contributed by atoms with Gasteiger partial charge in [0.05, 0.1) is 5.69 Å².